The van der Waals surface area contributed by atoms with E-state index in [2.05, 4.69) is 10.3 Å². The highest BCUT2D eigenvalue weighted by Gasteiger charge is 2.22. The Labute approximate surface area is 142 Å². The Balaban J connectivity index is 2.25. The molecule has 2 aromatic carbocycles. The zero-order valence-corrected chi connectivity index (χ0v) is 14.2. The molecule has 0 saturated carbocycles. The second-order valence-electron chi connectivity index (χ2n) is 4.99. The van der Waals surface area contributed by atoms with Crippen LogP contribution in [0, 0.1) is 5.39 Å². The Bertz CT molecular complexity index is 709. The predicted octanol–water partition coefficient (Wildman–Crippen LogP) is 4.59. The molecule has 2 aromatic rings. The van der Waals surface area contributed by atoms with Crippen molar-refractivity contribution in [2.75, 3.05) is 25.6 Å². The number of nitrogens with zero attached hydrogens (tertiary/aromatic N) is 2. The van der Waals surface area contributed by atoms with Crippen molar-refractivity contribution in [2.24, 2.45) is 0 Å². The van der Waals surface area contributed by atoms with Gasteiger partial charge in [0, 0.05) is 12.6 Å². The first-order chi connectivity index (χ1) is 11.7. The highest BCUT2D eigenvalue weighted by molar-refractivity contribution is 5.74. The van der Waals surface area contributed by atoms with Crippen LogP contribution in [0.15, 0.2) is 36.4 Å². The average molecular weight is 328 g/mol. The van der Waals surface area contributed by atoms with Gasteiger partial charge in [0.05, 0.1) is 32.1 Å². The highest BCUT2D eigenvalue weighted by atomic mass is 16.5. The fourth-order valence-corrected chi connectivity index (χ4v) is 2.28. The summed E-state index contributed by atoms with van der Waals surface area (Å²) < 4.78 is 16.3. The zero-order chi connectivity index (χ0) is 17.4. The number of ether oxygens (including phenoxy) is 3. The van der Waals surface area contributed by atoms with Crippen LogP contribution < -0.4 is 19.5 Å². The first-order valence-electron chi connectivity index (χ1n) is 7.87. The first kappa shape index (κ1) is 17.4. The molecule has 6 nitrogen and oxygen atoms in total. The summed E-state index contributed by atoms with van der Waals surface area (Å²) in [5.74, 6) is 1.93. The van der Waals surface area contributed by atoms with E-state index in [4.69, 9.17) is 14.2 Å². The molecule has 0 bridgehead atoms. The lowest BCUT2D eigenvalue weighted by molar-refractivity contribution is 0.333. The van der Waals surface area contributed by atoms with E-state index in [9.17, 15) is 5.39 Å². The summed E-state index contributed by atoms with van der Waals surface area (Å²) in [6.45, 7) is 5.36. The lowest BCUT2D eigenvalue weighted by Crippen LogP contribution is -2.04. The third-order valence-corrected chi connectivity index (χ3v) is 3.39. The topological polar surface area (TPSA) is 67.9 Å². The van der Waals surface area contributed by atoms with E-state index in [-0.39, 0.29) is 0 Å². The van der Waals surface area contributed by atoms with E-state index in [1.54, 1.807) is 13.2 Å². The Morgan fingerprint density at radius 3 is 2.29 bits per heavy atom. The van der Waals surface area contributed by atoms with E-state index in [1.807, 2.05) is 44.2 Å². The molecule has 1 N–H and O–H groups in total. The Hall–Kier alpha value is -2.94. The second-order valence-corrected chi connectivity index (χ2v) is 4.99. The summed E-state index contributed by atoms with van der Waals surface area (Å²) in [6.07, 6.45) is 0. The second kappa shape index (κ2) is 8.63. The smallest absolute Gasteiger partial charge is 0.432 e. The van der Waals surface area contributed by atoms with Gasteiger partial charge >= 0.3 is 5.69 Å². The average Bonchev–Trinajstić information content (AvgIpc) is 2.62. The van der Waals surface area contributed by atoms with E-state index in [0.29, 0.717) is 42.6 Å². The lowest BCUT2D eigenvalue weighted by Gasteiger charge is -2.13. The fourth-order valence-electron chi connectivity index (χ4n) is 2.28. The summed E-state index contributed by atoms with van der Waals surface area (Å²) in [4.78, 5) is 3.31. The molecule has 0 atom stereocenters. The number of diazo groups is 1. The van der Waals surface area contributed by atoms with Crippen molar-refractivity contribution in [3.05, 3.63) is 46.9 Å². The number of hydrogen-bond donors (Lipinski definition) is 1. The van der Waals surface area contributed by atoms with Crippen molar-refractivity contribution < 1.29 is 14.2 Å². The van der Waals surface area contributed by atoms with E-state index in [0.717, 1.165) is 11.3 Å². The van der Waals surface area contributed by atoms with Gasteiger partial charge in [-0.3, -0.25) is 0 Å². The van der Waals surface area contributed by atoms with Crippen molar-refractivity contribution in [3.8, 4) is 17.2 Å². The SMILES string of the molecule is CCOc1cc([N+]#N)c(OCC)c(NCc2ccc(OC)cc2)c1. The van der Waals surface area contributed by atoms with E-state index < -0.39 is 0 Å². The molecule has 0 saturated heterocycles. The van der Waals surface area contributed by atoms with Gasteiger partial charge in [0.1, 0.15) is 11.5 Å². The number of benzene rings is 2. The molecular formula is C18H22N3O3+. The van der Waals surface area contributed by atoms with Crippen molar-refractivity contribution in [2.45, 2.75) is 20.4 Å². The van der Waals surface area contributed by atoms with Crippen LogP contribution in [0.4, 0.5) is 11.4 Å². The quantitative estimate of drug-likeness (QED) is 0.718. The fraction of sp³-hybridized carbons (Fsp3) is 0.333. The number of hydrogen-bond acceptors (Lipinski definition) is 5. The minimum Gasteiger partial charge on any atom is -0.497 e. The van der Waals surface area contributed by atoms with Crippen LogP contribution >= 0.6 is 0 Å². The lowest BCUT2D eigenvalue weighted by atomic mass is 10.2. The van der Waals surface area contributed by atoms with E-state index >= 15 is 0 Å². The molecular weight excluding hydrogens is 306 g/mol. The van der Waals surface area contributed by atoms with Crippen molar-refractivity contribution in [1.82, 2.24) is 0 Å². The third kappa shape index (κ3) is 4.29. The molecule has 0 heterocycles. The summed E-state index contributed by atoms with van der Waals surface area (Å²) in [7, 11) is 1.64. The van der Waals surface area contributed by atoms with Gasteiger partial charge in [-0.15, -0.1) is 0 Å². The van der Waals surface area contributed by atoms with Gasteiger partial charge in [-0.1, -0.05) is 12.1 Å². The maximum absolute atomic E-state index is 9.25. The minimum atomic E-state index is 0.333. The normalized spacial score (nSPS) is 9.92. The first-order valence-corrected chi connectivity index (χ1v) is 7.87. The predicted molar refractivity (Wildman–Crippen MR) is 93.8 cm³/mol. The Morgan fingerprint density at radius 2 is 1.71 bits per heavy atom. The number of rotatable bonds is 8. The van der Waals surface area contributed by atoms with Gasteiger partial charge in [-0.25, -0.2) is 0 Å². The maximum Gasteiger partial charge on any atom is 0.432 e. The molecule has 0 spiro atoms. The molecule has 0 aromatic heterocycles. The van der Waals surface area contributed by atoms with Crippen LogP contribution in [-0.2, 0) is 6.54 Å². The monoisotopic (exact) mass is 328 g/mol. The van der Waals surface area contributed by atoms with Crippen molar-refractivity contribution >= 4 is 11.4 Å². The van der Waals surface area contributed by atoms with E-state index in [1.165, 1.54) is 0 Å². The molecule has 0 aliphatic carbocycles. The van der Waals surface area contributed by atoms with Crippen LogP contribution in [0.1, 0.15) is 19.4 Å². The summed E-state index contributed by atoms with van der Waals surface area (Å²) >= 11 is 0. The molecule has 0 unspecified atom stereocenters. The largest absolute Gasteiger partial charge is 0.497 e. The molecule has 126 valence electrons. The minimum absolute atomic E-state index is 0.333. The molecule has 0 amide bonds. The maximum atomic E-state index is 9.25. The van der Waals surface area contributed by atoms with Gasteiger partial charge < -0.3 is 19.5 Å². The van der Waals surface area contributed by atoms with Gasteiger partial charge in [0.25, 0.3) is 0 Å². The third-order valence-electron chi connectivity index (χ3n) is 3.39. The van der Waals surface area contributed by atoms with Crippen LogP contribution in [-0.4, -0.2) is 20.3 Å². The number of nitrogens with one attached hydrogen (secondary N) is 1. The summed E-state index contributed by atoms with van der Waals surface area (Å²) in [5, 5.41) is 12.6. The number of methoxy groups -OCH3 is 1. The molecule has 0 radical (unpaired) electrons. The van der Waals surface area contributed by atoms with Crippen molar-refractivity contribution in [3.63, 3.8) is 0 Å². The molecule has 0 aliphatic rings. The van der Waals surface area contributed by atoms with Gasteiger partial charge in [0.2, 0.25) is 11.1 Å². The van der Waals surface area contributed by atoms with Crippen LogP contribution in [0.2, 0.25) is 0 Å². The molecule has 0 aliphatic heterocycles. The standard InChI is InChI=1S/C18H22N3O3/c1-4-23-15-10-16(18(24-5-2)17(11-15)21-19)20-12-13-6-8-14(22-3)9-7-13/h6-11,20H,4-5,12H2,1-3H3/q+1. The van der Waals surface area contributed by atoms with Gasteiger partial charge in [0.15, 0.2) is 4.98 Å². The van der Waals surface area contributed by atoms with Gasteiger partial charge in [-0.2, -0.15) is 0 Å². The summed E-state index contributed by atoms with van der Waals surface area (Å²) in [6, 6.07) is 11.3. The van der Waals surface area contributed by atoms with Crippen LogP contribution in [0.5, 0.6) is 17.2 Å². The Morgan fingerprint density at radius 1 is 1.00 bits per heavy atom. The Kier molecular flexibility index (Phi) is 6.26. The van der Waals surface area contributed by atoms with Crippen LogP contribution in [0.25, 0.3) is 4.98 Å². The molecule has 0 fully saturated rings. The molecule has 24 heavy (non-hydrogen) atoms. The highest BCUT2D eigenvalue weighted by Crippen LogP contribution is 2.40. The summed E-state index contributed by atoms with van der Waals surface area (Å²) in [5.41, 5.74) is 2.13. The number of anilines is 1. The molecule has 2 rings (SSSR count). The zero-order valence-electron chi connectivity index (χ0n) is 14.2. The van der Waals surface area contributed by atoms with Gasteiger partial charge in [-0.05, 0) is 31.5 Å². The van der Waals surface area contributed by atoms with Crippen LogP contribution in [0.3, 0.4) is 0 Å². The molecule has 6 heteroatoms. The van der Waals surface area contributed by atoms with Crippen molar-refractivity contribution in [1.29, 1.82) is 5.39 Å².